The van der Waals surface area contributed by atoms with Crippen LogP contribution in [0.3, 0.4) is 0 Å². The molecule has 0 aliphatic carbocycles. The quantitative estimate of drug-likeness (QED) is 0.793. The average Bonchev–Trinajstić information content (AvgIpc) is 2.75. The first-order valence-electron chi connectivity index (χ1n) is 5.44. The van der Waals surface area contributed by atoms with Crippen LogP contribution in [0.1, 0.15) is 11.6 Å². The molecule has 1 atom stereocenters. The lowest BCUT2D eigenvalue weighted by Gasteiger charge is -2.19. The molecule has 0 aromatic heterocycles. The van der Waals surface area contributed by atoms with Gasteiger partial charge >= 0.3 is 0 Å². The van der Waals surface area contributed by atoms with Gasteiger partial charge < -0.3 is 10.1 Å². The maximum absolute atomic E-state index is 11.0. The van der Waals surface area contributed by atoms with Crippen LogP contribution in [0.4, 0.5) is 0 Å². The number of amides is 1. The lowest BCUT2D eigenvalue weighted by atomic mass is 10.1. The summed E-state index contributed by atoms with van der Waals surface area (Å²) in [4.78, 5) is 15.1. The molecular weight excluding hydrogens is 218 g/mol. The molecule has 1 aliphatic rings. The summed E-state index contributed by atoms with van der Waals surface area (Å²) in [7, 11) is 1.65. The largest absolute Gasteiger partial charge is 0.382 e. The standard InChI is InChI=1S/C12H15N3O2/c1-17-8-10(9-5-3-2-4-6-9)14-12-13-7-11(16)15-12/h2-6,10H,7-8H2,1H3,(H2,13,14,15,16). The lowest BCUT2D eigenvalue weighted by molar-refractivity contribution is -0.117. The highest BCUT2D eigenvalue weighted by atomic mass is 16.5. The first kappa shape index (κ1) is 11.6. The third-order valence-corrected chi connectivity index (χ3v) is 2.48. The molecule has 5 heteroatoms. The van der Waals surface area contributed by atoms with Crippen LogP contribution in [0.25, 0.3) is 0 Å². The van der Waals surface area contributed by atoms with Crippen molar-refractivity contribution in [2.75, 3.05) is 20.3 Å². The molecule has 1 unspecified atom stereocenters. The zero-order chi connectivity index (χ0) is 12.1. The van der Waals surface area contributed by atoms with Crippen LogP contribution in [-0.4, -0.2) is 32.1 Å². The third kappa shape index (κ3) is 3.04. The molecule has 5 nitrogen and oxygen atoms in total. The van der Waals surface area contributed by atoms with Crippen LogP contribution in [0.2, 0.25) is 0 Å². The van der Waals surface area contributed by atoms with E-state index in [0.717, 1.165) is 5.56 Å². The summed E-state index contributed by atoms with van der Waals surface area (Å²) in [6, 6.07) is 9.89. The first-order chi connectivity index (χ1) is 8.29. The Bertz CT molecular complexity index is 417. The Kier molecular flexibility index (Phi) is 3.72. The maximum Gasteiger partial charge on any atom is 0.248 e. The Balaban J connectivity index is 2.05. The monoisotopic (exact) mass is 233 g/mol. The number of hydrogen-bond donors (Lipinski definition) is 2. The number of rotatable bonds is 4. The normalized spacial score (nSPS) is 16.3. The van der Waals surface area contributed by atoms with Crippen molar-refractivity contribution in [2.24, 2.45) is 4.99 Å². The second-order valence-electron chi connectivity index (χ2n) is 3.78. The number of carbonyl (C=O) groups excluding carboxylic acids is 1. The van der Waals surface area contributed by atoms with E-state index in [1.165, 1.54) is 0 Å². The summed E-state index contributed by atoms with van der Waals surface area (Å²) in [6.45, 7) is 0.704. The smallest absolute Gasteiger partial charge is 0.248 e. The van der Waals surface area contributed by atoms with E-state index in [1.807, 2.05) is 30.3 Å². The molecule has 1 heterocycles. The summed E-state index contributed by atoms with van der Waals surface area (Å²) < 4.78 is 5.17. The maximum atomic E-state index is 11.0. The van der Waals surface area contributed by atoms with E-state index in [-0.39, 0.29) is 18.5 Å². The Morgan fingerprint density at radius 3 is 2.82 bits per heavy atom. The van der Waals surface area contributed by atoms with Gasteiger partial charge in [0, 0.05) is 7.11 Å². The highest BCUT2D eigenvalue weighted by Gasteiger charge is 2.18. The van der Waals surface area contributed by atoms with Gasteiger partial charge in [0.05, 0.1) is 12.6 Å². The number of methoxy groups -OCH3 is 1. The minimum Gasteiger partial charge on any atom is -0.382 e. The van der Waals surface area contributed by atoms with Crippen LogP contribution in [0, 0.1) is 0 Å². The van der Waals surface area contributed by atoms with Crippen molar-refractivity contribution in [3.63, 3.8) is 0 Å². The number of hydrogen-bond acceptors (Lipinski definition) is 4. The van der Waals surface area contributed by atoms with Crippen molar-refractivity contribution >= 4 is 11.9 Å². The van der Waals surface area contributed by atoms with Crippen LogP contribution in [0.5, 0.6) is 0 Å². The molecule has 90 valence electrons. The van der Waals surface area contributed by atoms with E-state index in [1.54, 1.807) is 7.11 Å². The Morgan fingerprint density at radius 1 is 1.47 bits per heavy atom. The van der Waals surface area contributed by atoms with Gasteiger partial charge in [0.15, 0.2) is 5.96 Å². The Hall–Kier alpha value is -1.88. The van der Waals surface area contributed by atoms with Gasteiger partial charge in [-0.05, 0) is 5.56 Å². The van der Waals surface area contributed by atoms with E-state index in [2.05, 4.69) is 15.6 Å². The SMILES string of the molecule is COCC(NC1=NCC(=O)N1)c1ccccc1. The molecule has 1 aliphatic heterocycles. The molecule has 2 N–H and O–H groups in total. The third-order valence-electron chi connectivity index (χ3n) is 2.48. The molecule has 1 amide bonds. The number of aliphatic imine (C=N–C) groups is 1. The molecule has 0 radical (unpaired) electrons. The number of ether oxygens (including phenoxy) is 1. The van der Waals surface area contributed by atoms with E-state index in [9.17, 15) is 4.79 Å². The molecule has 0 fully saturated rings. The zero-order valence-corrected chi connectivity index (χ0v) is 9.64. The fraction of sp³-hybridized carbons (Fsp3) is 0.333. The predicted molar refractivity (Wildman–Crippen MR) is 64.6 cm³/mol. The topological polar surface area (TPSA) is 62.7 Å². The van der Waals surface area contributed by atoms with Crippen molar-refractivity contribution in [3.05, 3.63) is 35.9 Å². The van der Waals surface area contributed by atoms with Gasteiger partial charge in [-0.3, -0.25) is 10.1 Å². The van der Waals surface area contributed by atoms with Crippen molar-refractivity contribution < 1.29 is 9.53 Å². The molecular formula is C12H15N3O2. The molecule has 0 bridgehead atoms. The minimum absolute atomic E-state index is 0.0154. The van der Waals surface area contributed by atoms with Gasteiger partial charge in [-0.25, -0.2) is 4.99 Å². The highest BCUT2D eigenvalue weighted by Crippen LogP contribution is 2.12. The second-order valence-corrected chi connectivity index (χ2v) is 3.78. The summed E-state index contributed by atoms with van der Waals surface area (Å²) in [5.74, 6) is 0.428. The van der Waals surface area contributed by atoms with Crippen LogP contribution >= 0.6 is 0 Å². The van der Waals surface area contributed by atoms with Crippen molar-refractivity contribution in [2.45, 2.75) is 6.04 Å². The summed E-state index contributed by atoms with van der Waals surface area (Å²) in [5.41, 5.74) is 1.10. The number of nitrogens with zero attached hydrogens (tertiary/aromatic N) is 1. The van der Waals surface area contributed by atoms with Gasteiger partial charge in [-0.1, -0.05) is 30.3 Å². The molecule has 2 rings (SSSR count). The van der Waals surface area contributed by atoms with Crippen LogP contribution in [-0.2, 0) is 9.53 Å². The number of benzene rings is 1. The number of nitrogens with one attached hydrogen (secondary N) is 2. The van der Waals surface area contributed by atoms with E-state index < -0.39 is 0 Å². The highest BCUT2D eigenvalue weighted by molar-refractivity contribution is 6.02. The van der Waals surface area contributed by atoms with Crippen molar-refractivity contribution in [3.8, 4) is 0 Å². The molecule has 17 heavy (non-hydrogen) atoms. The van der Waals surface area contributed by atoms with Gasteiger partial charge in [0.2, 0.25) is 5.91 Å². The van der Waals surface area contributed by atoms with Gasteiger partial charge in [-0.15, -0.1) is 0 Å². The van der Waals surface area contributed by atoms with Crippen LogP contribution < -0.4 is 10.6 Å². The van der Waals surface area contributed by atoms with E-state index in [4.69, 9.17) is 4.74 Å². The average molecular weight is 233 g/mol. The van der Waals surface area contributed by atoms with Gasteiger partial charge in [0.1, 0.15) is 6.54 Å². The first-order valence-corrected chi connectivity index (χ1v) is 5.44. The molecule has 0 saturated heterocycles. The minimum atomic E-state index is -0.0864. The molecule has 0 spiro atoms. The van der Waals surface area contributed by atoms with E-state index >= 15 is 0 Å². The van der Waals surface area contributed by atoms with Crippen molar-refractivity contribution in [1.82, 2.24) is 10.6 Å². The zero-order valence-electron chi connectivity index (χ0n) is 9.64. The Labute approximate surface area is 99.9 Å². The molecule has 1 aromatic rings. The predicted octanol–water partition coefficient (Wildman–Crippen LogP) is 0.450. The number of carbonyl (C=O) groups is 1. The fourth-order valence-corrected chi connectivity index (χ4v) is 1.68. The second kappa shape index (κ2) is 5.45. The molecule has 1 aromatic carbocycles. The summed E-state index contributed by atoms with van der Waals surface area (Å²) >= 11 is 0. The summed E-state index contributed by atoms with van der Waals surface area (Å²) in [6.07, 6.45) is 0. The lowest BCUT2D eigenvalue weighted by Crippen LogP contribution is -2.40. The van der Waals surface area contributed by atoms with Gasteiger partial charge in [-0.2, -0.15) is 0 Å². The summed E-state index contributed by atoms with van der Waals surface area (Å²) in [5, 5.41) is 5.81. The van der Waals surface area contributed by atoms with Gasteiger partial charge in [0.25, 0.3) is 0 Å². The number of guanidine groups is 1. The molecule has 0 saturated carbocycles. The van der Waals surface area contributed by atoms with E-state index in [0.29, 0.717) is 12.6 Å². The van der Waals surface area contributed by atoms with Crippen LogP contribution in [0.15, 0.2) is 35.3 Å². The van der Waals surface area contributed by atoms with Crippen molar-refractivity contribution in [1.29, 1.82) is 0 Å². The fourth-order valence-electron chi connectivity index (χ4n) is 1.68. The Morgan fingerprint density at radius 2 is 2.24 bits per heavy atom.